The van der Waals surface area contributed by atoms with Crippen LogP contribution in [0.5, 0.6) is 0 Å². The number of likely N-dealkylation sites (N-methyl/N-ethyl adjacent to an activating group) is 1. The van der Waals surface area contributed by atoms with Crippen LogP contribution in [0.15, 0.2) is 12.4 Å². The van der Waals surface area contributed by atoms with Gasteiger partial charge in [-0.05, 0) is 21.0 Å². The van der Waals surface area contributed by atoms with Crippen LogP contribution in [-0.2, 0) is 21.3 Å². The minimum atomic E-state index is -0.103. The molecule has 7 nitrogen and oxygen atoms in total. The molecular weight excluding hydrogens is 296 g/mol. The fourth-order valence-corrected chi connectivity index (χ4v) is 2.96. The lowest BCUT2D eigenvalue weighted by Gasteiger charge is -2.41. The molecule has 0 unspecified atom stereocenters. The van der Waals surface area contributed by atoms with Crippen LogP contribution >= 0.6 is 0 Å². The monoisotopic (exact) mass is 324 g/mol. The zero-order valence-electron chi connectivity index (χ0n) is 14.6. The maximum Gasteiger partial charge on any atom is 0.225 e. The molecule has 0 aliphatic carbocycles. The van der Waals surface area contributed by atoms with E-state index in [0.29, 0.717) is 32.8 Å². The number of nitrogens with zero attached hydrogens (tertiary/aromatic N) is 4. The Labute approximate surface area is 138 Å². The van der Waals surface area contributed by atoms with Crippen LogP contribution in [0.3, 0.4) is 0 Å². The summed E-state index contributed by atoms with van der Waals surface area (Å²) in [7, 11) is 5.91. The number of hydrogen-bond donors (Lipinski definition) is 0. The first-order chi connectivity index (χ1) is 11.0. The van der Waals surface area contributed by atoms with Crippen molar-refractivity contribution in [1.29, 1.82) is 0 Å². The first-order valence-electron chi connectivity index (χ1n) is 8.15. The predicted molar refractivity (Wildman–Crippen MR) is 87.1 cm³/mol. The van der Waals surface area contributed by atoms with Gasteiger partial charge in [0, 0.05) is 38.5 Å². The smallest absolute Gasteiger partial charge is 0.225 e. The highest BCUT2D eigenvalue weighted by molar-refractivity contribution is 5.77. The van der Waals surface area contributed by atoms with Crippen LogP contribution < -0.4 is 0 Å². The van der Waals surface area contributed by atoms with Crippen molar-refractivity contribution in [3.8, 4) is 0 Å². The molecule has 0 saturated carbocycles. The summed E-state index contributed by atoms with van der Waals surface area (Å²) in [4.78, 5) is 16.7. The molecule has 1 aliphatic rings. The molecule has 1 aromatic heterocycles. The van der Waals surface area contributed by atoms with Crippen LogP contribution in [0.2, 0.25) is 0 Å². The van der Waals surface area contributed by atoms with Gasteiger partial charge in [0.15, 0.2) is 0 Å². The summed E-state index contributed by atoms with van der Waals surface area (Å²) < 4.78 is 13.1. The number of morpholine rings is 1. The van der Waals surface area contributed by atoms with E-state index in [1.165, 1.54) is 0 Å². The Balaban J connectivity index is 2.17. The van der Waals surface area contributed by atoms with Crippen molar-refractivity contribution in [3.63, 3.8) is 0 Å². The molecule has 7 heteroatoms. The van der Waals surface area contributed by atoms with Gasteiger partial charge in [0.2, 0.25) is 5.91 Å². The summed E-state index contributed by atoms with van der Waals surface area (Å²) in [6.07, 6.45) is 4.13. The quantitative estimate of drug-likeness (QED) is 0.690. The Bertz CT molecular complexity index is 503. The summed E-state index contributed by atoms with van der Waals surface area (Å²) in [6.45, 7) is 4.96. The fraction of sp³-hybridized carbons (Fsp3) is 0.750. The highest BCUT2D eigenvalue weighted by Crippen LogP contribution is 2.30. The Kier molecular flexibility index (Phi) is 6.56. The standard InChI is InChI=1S/C16H28N4O3/c1-5-22-8-6-15(21)20-7-9-23-14(12-18(2)3)16(20)13-10-17-19(4)11-13/h10-11,14,16H,5-9,12H2,1-4H3/t14-,16-/m0/s1. The summed E-state index contributed by atoms with van der Waals surface area (Å²) in [5, 5.41) is 4.26. The minimum absolute atomic E-state index is 0.0565. The maximum absolute atomic E-state index is 12.6. The third-order valence-corrected chi connectivity index (χ3v) is 3.95. The van der Waals surface area contributed by atoms with Gasteiger partial charge in [-0.25, -0.2) is 0 Å². The van der Waals surface area contributed by atoms with E-state index in [0.717, 1.165) is 12.1 Å². The van der Waals surface area contributed by atoms with E-state index in [9.17, 15) is 4.79 Å². The van der Waals surface area contributed by atoms with Crippen molar-refractivity contribution in [3.05, 3.63) is 18.0 Å². The Morgan fingerprint density at radius 2 is 2.30 bits per heavy atom. The number of rotatable bonds is 7. The van der Waals surface area contributed by atoms with Gasteiger partial charge in [0.1, 0.15) is 0 Å². The van der Waals surface area contributed by atoms with Crippen molar-refractivity contribution in [2.75, 3.05) is 47.0 Å². The van der Waals surface area contributed by atoms with Gasteiger partial charge in [0.05, 0.1) is 38.0 Å². The van der Waals surface area contributed by atoms with Crippen molar-refractivity contribution >= 4 is 5.91 Å². The zero-order valence-corrected chi connectivity index (χ0v) is 14.6. The average Bonchev–Trinajstić information content (AvgIpc) is 2.92. The second kappa shape index (κ2) is 8.42. The van der Waals surface area contributed by atoms with Crippen molar-refractivity contribution in [2.24, 2.45) is 7.05 Å². The van der Waals surface area contributed by atoms with Crippen LogP contribution in [0.1, 0.15) is 24.9 Å². The molecular formula is C16H28N4O3. The van der Waals surface area contributed by atoms with Crippen molar-refractivity contribution in [1.82, 2.24) is 19.6 Å². The van der Waals surface area contributed by atoms with Gasteiger partial charge >= 0.3 is 0 Å². The highest BCUT2D eigenvalue weighted by atomic mass is 16.5. The molecule has 130 valence electrons. The number of carbonyl (C=O) groups excluding carboxylic acids is 1. The molecule has 2 rings (SSSR count). The Hall–Kier alpha value is -1.44. The van der Waals surface area contributed by atoms with Gasteiger partial charge < -0.3 is 19.3 Å². The number of ether oxygens (including phenoxy) is 2. The summed E-state index contributed by atoms with van der Waals surface area (Å²) in [5.41, 5.74) is 1.02. The third kappa shape index (κ3) is 4.76. The first kappa shape index (κ1) is 17.9. The molecule has 2 atom stereocenters. The fourth-order valence-electron chi connectivity index (χ4n) is 2.96. The summed E-state index contributed by atoms with van der Waals surface area (Å²) in [5.74, 6) is 0.111. The molecule has 2 heterocycles. The zero-order chi connectivity index (χ0) is 16.8. The lowest BCUT2D eigenvalue weighted by molar-refractivity contribution is -0.149. The topological polar surface area (TPSA) is 59.8 Å². The molecule has 1 aromatic rings. The lowest BCUT2D eigenvalue weighted by Crippen LogP contribution is -2.51. The third-order valence-electron chi connectivity index (χ3n) is 3.95. The number of aryl methyl sites for hydroxylation is 1. The van der Waals surface area contributed by atoms with Gasteiger partial charge in [-0.1, -0.05) is 0 Å². The maximum atomic E-state index is 12.6. The molecule has 1 aliphatic heterocycles. The molecule has 0 N–H and O–H groups in total. The normalized spacial score (nSPS) is 21.9. The van der Waals surface area contributed by atoms with Gasteiger partial charge in [-0.2, -0.15) is 5.10 Å². The molecule has 0 spiro atoms. The second-order valence-electron chi connectivity index (χ2n) is 6.10. The van der Waals surface area contributed by atoms with E-state index in [2.05, 4.69) is 10.00 Å². The number of carbonyl (C=O) groups is 1. The van der Waals surface area contributed by atoms with Crippen LogP contribution in [0.4, 0.5) is 0 Å². The first-order valence-corrected chi connectivity index (χ1v) is 8.15. The lowest BCUT2D eigenvalue weighted by atomic mass is 10.00. The molecule has 23 heavy (non-hydrogen) atoms. The molecule has 1 saturated heterocycles. The molecule has 0 bridgehead atoms. The minimum Gasteiger partial charge on any atom is -0.381 e. The number of amides is 1. The van der Waals surface area contributed by atoms with E-state index in [4.69, 9.17) is 9.47 Å². The van der Waals surface area contributed by atoms with E-state index >= 15 is 0 Å². The Morgan fingerprint density at radius 3 is 2.91 bits per heavy atom. The molecule has 0 radical (unpaired) electrons. The number of aromatic nitrogens is 2. The molecule has 0 aromatic carbocycles. The van der Waals surface area contributed by atoms with E-state index in [1.54, 1.807) is 4.68 Å². The van der Waals surface area contributed by atoms with E-state index in [1.807, 2.05) is 45.4 Å². The van der Waals surface area contributed by atoms with Crippen LogP contribution in [-0.4, -0.2) is 78.6 Å². The number of hydrogen-bond acceptors (Lipinski definition) is 5. The van der Waals surface area contributed by atoms with Crippen molar-refractivity contribution < 1.29 is 14.3 Å². The molecule has 1 amide bonds. The largest absolute Gasteiger partial charge is 0.381 e. The van der Waals surface area contributed by atoms with E-state index in [-0.39, 0.29) is 18.1 Å². The van der Waals surface area contributed by atoms with Crippen molar-refractivity contribution in [2.45, 2.75) is 25.5 Å². The average molecular weight is 324 g/mol. The Morgan fingerprint density at radius 1 is 1.52 bits per heavy atom. The molecule has 1 fully saturated rings. The SMILES string of the molecule is CCOCCC(=O)N1CCO[C@@H](CN(C)C)[C@@H]1c1cnn(C)c1. The van der Waals surface area contributed by atoms with E-state index < -0.39 is 0 Å². The predicted octanol–water partition coefficient (Wildman–Crippen LogP) is 0.677. The van der Waals surface area contributed by atoms with Gasteiger partial charge in [-0.15, -0.1) is 0 Å². The second-order valence-corrected chi connectivity index (χ2v) is 6.10. The van der Waals surface area contributed by atoms with Gasteiger partial charge in [0.25, 0.3) is 0 Å². The van der Waals surface area contributed by atoms with Crippen LogP contribution in [0, 0.1) is 0 Å². The summed E-state index contributed by atoms with van der Waals surface area (Å²) in [6, 6.07) is -0.103. The van der Waals surface area contributed by atoms with Crippen LogP contribution in [0.25, 0.3) is 0 Å². The highest BCUT2D eigenvalue weighted by Gasteiger charge is 2.37. The summed E-state index contributed by atoms with van der Waals surface area (Å²) >= 11 is 0. The van der Waals surface area contributed by atoms with Gasteiger partial charge in [-0.3, -0.25) is 9.48 Å².